The van der Waals surface area contributed by atoms with E-state index in [4.69, 9.17) is 4.74 Å². The maximum Gasteiger partial charge on any atom is 0.337 e. The number of anilines is 1. The second-order valence-corrected chi connectivity index (χ2v) is 9.95. The number of carbonyl (C=O) groups is 2. The van der Waals surface area contributed by atoms with Gasteiger partial charge in [0.05, 0.1) is 17.6 Å². The Morgan fingerprint density at radius 1 is 1.16 bits per heavy atom. The van der Waals surface area contributed by atoms with Gasteiger partial charge in [-0.3, -0.25) is 4.79 Å². The molecular formula is C26H30N2O3S. The lowest BCUT2D eigenvalue weighted by Crippen LogP contribution is -2.36. The molecule has 2 heterocycles. The quantitative estimate of drug-likeness (QED) is 0.640. The first-order chi connectivity index (χ1) is 15.3. The van der Waals surface area contributed by atoms with Gasteiger partial charge in [-0.2, -0.15) is 0 Å². The highest BCUT2D eigenvalue weighted by atomic mass is 32.1. The van der Waals surface area contributed by atoms with Crippen molar-refractivity contribution < 1.29 is 14.3 Å². The summed E-state index contributed by atoms with van der Waals surface area (Å²) >= 11 is 1.57. The average molecular weight is 451 g/mol. The first-order valence-electron chi connectivity index (χ1n) is 11.0. The Morgan fingerprint density at radius 2 is 1.88 bits per heavy atom. The van der Waals surface area contributed by atoms with Gasteiger partial charge in [0.2, 0.25) is 0 Å². The predicted molar refractivity (Wildman–Crippen MR) is 129 cm³/mol. The molecule has 5 nitrogen and oxygen atoms in total. The second-order valence-electron chi connectivity index (χ2n) is 8.97. The number of nitrogens with zero attached hydrogens (tertiary/aromatic N) is 1. The van der Waals surface area contributed by atoms with Crippen molar-refractivity contribution in [2.75, 3.05) is 19.0 Å². The largest absolute Gasteiger partial charge is 0.460 e. The molecular weight excluding hydrogens is 420 g/mol. The van der Waals surface area contributed by atoms with Gasteiger partial charge in [0.25, 0.3) is 0 Å². The third kappa shape index (κ3) is 4.24. The van der Waals surface area contributed by atoms with Crippen molar-refractivity contribution in [1.29, 1.82) is 0 Å². The Labute approximate surface area is 193 Å². The Morgan fingerprint density at radius 3 is 2.47 bits per heavy atom. The summed E-state index contributed by atoms with van der Waals surface area (Å²) < 4.78 is 5.55. The first-order valence-corrected chi connectivity index (χ1v) is 11.9. The zero-order valence-electron chi connectivity index (χ0n) is 19.3. The van der Waals surface area contributed by atoms with Crippen LogP contribution in [0.1, 0.15) is 55.9 Å². The van der Waals surface area contributed by atoms with Gasteiger partial charge >= 0.3 is 5.97 Å². The minimum Gasteiger partial charge on any atom is -0.460 e. The highest BCUT2D eigenvalue weighted by molar-refractivity contribution is 7.10. The number of ketones is 1. The molecule has 1 aromatic carbocycles. The molecule has 2 aliphatic rings. The maximum absolute atomic E-state index is 13.5. The summed E-state index contributed by atoms with van der Waals surface area (Å²) in [5.74, 6) is -0.515. The number of rotatable bonds is 5. The maximum atomic E-state index is 13.5. The van der Waals surface area contributed by atoms with E-state index >= 15 is 0 Å². The number of esters is 1. The van der Waals surface area contributed by atoms with Gasteiger partial charge in [0.1, 0.15) is 0 Å². The van der Waals surface area contributed by atoms with Gasteiger partial charge < -0.3 is 15.0 Å². The van der Waals surface area contributed by atoms with E-state index in [-0.39, 0.29) is 29.7 Å². The standard InChI is InChI=1S/C26H30N2O3S/c1-15(2)31-26(30)23-16(3)27-20-13-18(17-8-10-19(11-9-17)28(4)5)14-21(29)24(20)25(23)22-7-6-12-32-22/h6-12,15,18,25,27H,13-14H2,1-5H3/t18-,25-/m1/s1. The van der Waals surface area contributed by atoms with Gasteiger partial charge in [0.15, 0.2) is 5.78 Å². The normalized spacial score (nSPS) is 20.9. The van der Waals surface area contributed by atoms with Gasteiger partial charge in [-0.05, 0) is 62.3 Å². The van der Waals surface area contributed by atoms with Crippen molar-refractivity contribution in [2.24, 2.45) is 0 Å². The van der Waals surface area contributed by atoms with Gasteiger partial charge in [-0.1, -0.05) is 18.2 Å². The summed E-state index contributed by atoms with van der Waals surface area (Å²) in [6.07, 6.45) is 0.961. The van der Waals surface area contributed by atoms with E-state index in [1.54, 1.807) is 11.3 Å². The second kappa shape index (κ2) is 8.94. The molecule has 168 valence electrons. The van der Waals surface area contributed by atoms with E-state index in [1.807, 2.05) is 52.4 Å². The summed E-state index contributed by atoms with van der Waals surface area (Å²) in [6.45, 7) is 5.58. The van der Waals surface area contributed by atoms with Crippen molar-refractivity contribution in [3.8, 4) is 0 Å². The third-order valence-electron chi connectivity index (χ3n) is 6.10. The first kappa shape index (κ1) is 22.3. The summed E-state index contributed by atoms with van der Waals surface area (Å²) in [7, 11) is 4.04. The number of dihydropyridines is 1. The molecule has 1 aliphatic carbocycles. The fourth-order valence-corrected chi connectivity index (χ4v) is 5.45. The van der Waals surface area contributed by atoms with Crippen molar-refractivity contribution in [2.45, 2.75) is 51.6 Å². The molecule has 0 saturated heterocycles. The van der Waals surface area contributed by atoms with Crippen LogP contribution in [-0.2, 0) is 14.3 Å². The lowest BCUT2D eigenvalue weighted by atomic mass is 9.73. The smallest absolute Gasteiger partial charge is 0.337 e. The molecule has 0 saturated carbocycles. The van der Waals surface area contributed by atoms with Crippen LogP contribution in [-0.4, -0.2) is 32.0 Å². The van der Waals surface area contributed by atoms with Crippen molar-refractivity contribution in [3.63, 3.8) is 0 Å². The number of benzene rings is 1. The van der Waals surface area contributed by atoms with Crippen LogP contribution in [0.2, 0.25) is 0 Å². The molecule has 1 aromatic heterocycles. The predicted octanol–water partition coefficient (Wildman–Crippen LogP) is 5.13. The van der Waals surface area contributed by atoms with E-state index in [2.05, 4.69) is 34.5 Å². The molecule has 1 aliphatic heterocycles. The Balaban J connectivity index is 1.71. The number of nitrogens with one attached hydrogen (secondary N) is 1. The summed E-state index contributed by atoms with van der Waals surface area (Å²) in [5, 5.41) is 5.40. The number of hydrogen-bond donors (Lipinski definition) is 1. The van der Waals surface area contributed by atoms with Crippen molar-refractivity contribution in [1.82, 2.24) is 5.32 Å². The van der Waals surface area contributed by atoms with Crippen LogP contribution < -0.4 is 10.2 Å². The molecule has 0 fully saturated rings. The van der Waals surface area contributed by atoms with Crippen LogP contribution in [0.25, 0.3) is 0 Å². The molecule has 6 heteroatoms. The molecule has 0 bridgehead atoms. The molecule has 2 aromatic rings. The molecule has 2 atom stereocenters. The zero-order chi connectivity index (χ0) is 23.0. The van der Waals surface area contributed by atoms with Gasteiger partial charge in [0, 0.05) is 48.0 Å². The molecule has 0 amide bonds. The summed E-state index contributed by atoms with van der Waals surface area (Å²) in [4.78, 5) is 29.6. The van der Waals surface area contributed by atoms with Crippen LogP contribution in [0.15, 0.2) is 64.3 Å². The Bertz CT molecular complexity index is 1080. The van der Waals surface area contributed by atoms with Crippen LogP contribution in [0, 0.1) is 0 Å². The number of carbonyl (C=O) groups excluding carboxylic acids is 2. The fourth-order valence-electron chi connectivity index (χ4n) is 4.61. The minimum atomic E-state index is -0.373. The molecule has 32 heavy (non-hydrogen) atoms. The molecule has 4 rings (SSSR count). The molecule has 0 unspecified atom stereocenters. The van der Waals surface area contributed by atoms with Crippen molar-refractivity contribution >= 4 is 28.8 Å². The highest BCUT2D eigenvalue weighted by Gasteiger charge is 2.42. The van der Waals surface area contributed by atoms with E-state index < -0.39 is 0 Å². The van der Waals surface area contributed by atoms with Gasteiger partial charge in [-0.15, -0.1) is 11.3 Å². The van der Waals surface area contributed by atoms with Gasteiger partial charge in [-0.25, -0.2) is 4.79 Å². The van der Waals surface area contributed by atoms with Crippen LogP contribution in [0.5, 0.6) is 0 Å². The molecule has 0 spiro atoms. The average Bonchev–Trinajstić information content (AvgIpc) is 3.26. The minimum absolute atomic E-state index is 0.0983. The van der Waals surface area contributed by atoms with Crippen molar-refractivity contribution in [3.05, 3.63) is 74.8 Å². The van der Waals surface area contributed by atoms with E-state index in [1.165, 1.54) is 0 Å². The SMILES string of the molecule is CC1=C(C(=O)OC(C)C)[C@@H](c2cccs2)C2=C(C[C@@H](c3ccc(N(C)C)cc3)CC2=O)N1. The lowest BCUT2D eigenvalue weighted by Gasteiger charge is -2.36. The third-order valence-corrected chi connectivity index (χ3v) is 7.04. The van der Waals surface area contributed by atoms with E-state index in [9.17, 15) is 9.59 Å². The van der Waals surface area contributed by atoms with E-state index in [0.717, 1.165) is 39.5 Å². The van der Waals surface area contributed by atoms with Crippen LogP contribution >= 0.6 is 11.3 Å². The highest BCUT2D eigenvalue weighted by Crippen LogP contribution is 2.46. The fraction of sp³-hybridized carbons (Fsp3) is 0.385. The van der Waals surface area contributed by atoms with Crippen LogP contribution in [0.3, 0.4) is 0 Å². The Kier molecular flexibility index (Phi) is 6.24. The van der Waals surface area contributed by atoms with E-state index in [0.29, 0.717) is 12.0 Å². The molecule has 0 radical (unpaired) electrons. The number of ether oxygens (including phenoxy) is 1. The topological polar surface area (TPSA) is 58.6 Å². The monoisotopic (exact) mass is 450 g/mol. The lowest BCUT2D eigenvalue weighted by molar-refractivity contribution is -0.143. The van der Waals surface area contributed by atoms with Crippen LogP contribution in [0.4, 0.5) is 5.69 Å². The molecule has 1 N–H and O–H groups in total. The zero-order valence-corrected chi connectivity index (χ0v) is 20.1. The number of allylic oxidation sites excluding steroid dienone is 3. The summed E-state index contributed by atoms with van der Waals surface area (Å²) in [5.41, 5.74) is 5.26. The summed E-state index contributed by atoms with van der Waals surface area (Å²) in [6, 6.07) is 12.4. The Hall–Kier alpha value is -2.86. The number of Topliss-reactive ketones (excluding diaryl/α,β-unsaturated/α-hetero) is 1. The number of thiophene rings is 1. The number of hydrogen-bond acceptors (Lipinski definition) is 6.